The fraction of sp³-hybridized carbons (Fsp3) is 0.926. The van der Waals surface area contributed by atoms with Crippen LogP contribution in [0.2, 0.25) is 0 Å². The Morgan fingerprint density at radius 2 is 1.76 bits per heavy atom. The smallest absolute Gasteiger partial charge is 0.0577 e. The van der Waals surface area contributed by atoms with E-state index in [2.05, 4.69) is 40.7 Å². The summed E-state index contributed by atoms with van der Waals surface area (Å²) in [5, 5.41) is 20.5. The van der Waals surface area contributed by atoms with E-state index in [0.29, 0.717) is 16.7 Å². The summed E-state index contributed by atoms with van der Waals surface area (Å²) in [5.74, 6) is 4.51. The molecule has 2 heteroatoms. The highest BCUT2D eigenvalue weighted by Gasteiger charge is 2.59. The standard InChI is InChI=1S/C27H46O2/c1-17(2)25(29)11-6-18(3)22-9-10-23-21-8-7-19-16-20(28)12-14-26(19,4)24(21)13-15-27(22,23)5/h7,17-18,20-25,28-29H,6,8-16H2,1-5H3/t18-,20?,21+,22-,23+,24+,25?,26+,27-/m1/s1. The molecule has 2 N–H and O–H groups in total. The van der Waals surface area contributed by atoms with Crippen molar-refractivity contribution >= 4 is 0 Å². The third kappa shape index (κ3) is 3.65. The Hall–Kier alpha value is -0.340. The number of aliphatic hydroxyl groups excluding tert-OH is 2. The minimum Gasteiger partial charge on any atom is -0.393 e. The first-order chi connectivity index (χ1) is 13.7. The molecule has 0 aromatic heterocycles. The van der Waals surface area contributed by atoms with E-state index in [4.69, 9.17) is 0 Å². The second-order valence-corrected chi connectivity index (χ2v) is 12.3. The van der Waals surface area contributed by atoms with Crippen molar-refractivity contribution in [3.63, 3.8) is 0 Å². The monoisotopic (exact) mass is 402 g/mol. The normalized spacial score (nSPS) is 46.5. The van der Waals surface area contributed by atoms with Crippen LogP contribution in [-0.4, -0.2) is 22.4 Å². The molecule has 4 rings (SSSR count). The van der Waals surface area contributed by atoms with Crippen molar-refractivity contribution in [2.75, 3.05) is 0 Å². The molecule has 0 aromatic rings. The predicted molar refractivity (Wildman–Crippen MR) is 120 cm³/mol. The zero-order chi connectivity index (χ0) is 21.0. The van der Waals surface area contributed by atoms with Gasteiger partial charge >= 0.3 is 0 Å². The van der Waals surface area contributed by atoms with Crippen molar-refractivity contribution < 1.29 is 10.2 Å². The molecule has 9 atom stereocenters. The highest BCUT2D eigenvalue weighted by molar-refractivity contribution is 5.25. The summed E-state index contributed by atoms with van der Waals surface area (Å²) in [5.41, 5.74) is 2.44. The van der Waals surface area contributed by atoms with Crippen LogP contribution in [0.5, 0.6) is 0 Å². The third-order valence-electron chi connectivity index (χ3n) is 10.5. The zero-order valence-electron chi connectivity index (χ0n) is 19.7. The van der Waals surface area contributed by atoms with Crippen LogP contribution in [0.15, 0.2) is 11.6 Å². The number of hydrogen-bond acceptors (Lipinski definition) is 2. The Morgan fingerprint density at radius 3 is 2.48 bits per heavy atom. The van der Waals surface area contributed by atoms with E-state index >= 15 is 0 Å². The first kappa shape index (κ1) is 21.9. The summed E-state index contributed by atoms with van der Waals surface area (Å²) < 4.78 is 0. The summed E-state index contributed by atoms with van der Waals surface area (Å²) in [7, 11) is 0. The topological polar surface area (TPSA) is 40.5 Å². The number of allylic oxidation sites excluding steroid dienone is 1. The summed E-state index contributed by atoms with van der Waals surface area (Å²) in [6, 6.07) is 0. The van der Waals surface area contributed by atoms with E-state index in [1.54, 1.807) is 5.57 Å². The molecule has 166 valence electrons. The van der Waals surface area contributed by atoms with Crippen molar-refractivity contribution in [1.82, 2.24) is 0 Å². The molecule has 0 spiro atoms. The maximum absolute atomic E-state index is 10.3. The van der Waals surface area contributed by atoms with Gasteiger partial charge in [-0.3, -0.25) is 0 Å². The summed E-state index contributed by atoms with van der Waals surface area (Å²) in [6.07, 6.45) is 14.4. The Bertz CT molecular complexity index is 624. The summed E-state index contributed by atoms with van der Waals surface area (Å²) in [4.78, 5) is 0. The average molecular weight is 403 g/mol. The van der Waals surface area contributed by atoms with E-state index in [0.717, 1.165) is 48.9 Å². The Morgan fingerprint density at radius 1 is 1.00 bits per heavy atom. The molecule has 0 amide bonds. The van der Waals surface area contributed by atoms with Gasteiger partial charge in [0.15, 0.2) is 0 Å². The first-order valence-electron chi connectivity index (χ1n) is 12.7. The van der Waals surface area contributed by atoms with Crippen LogP contribution in [-0.2, 0) is 0 Å². The minimum absolute atomic E-state index is 0.0994. The van der Waals surface area contributed by atoms with Gasteiger partial charge in [0.05, 0.1) is 12.2 Å². The molecule has 3 fully saturated rings. The average Bonchev–Trinajstić information content (AvgIpc) is 3.03. The van der Waals surface area contributed by atoms with Gasteiger partial charge in [0.2, 0.25) is 0 Å². The quantitative estimate of drug-likeness (QED) is 0.525. The van der Waals surface area contributed by atoms with Crippen molar-refractivity contribution in [3.05, 3.63) is 11.6 Å². The largest absolute Gasteiger partial charge is 0.393 e. The van der Waals surface area contributed by atoms with Gasteiger partial charge in [0, 0.05) is 0 Å². The molecule has 0 heterocycles. The second-order valence-electron chi connectivity index (χ2n) is 12.3. The van der Waals surface area contributed by atoms with Crippen LogP contribution in [0.1, 0.15) is 98.8 Å². The van der Waals surface area contributed by atoms with Gasteiger partial charge in [-0.15, -0.1) is 0 Å². The summed E-state index contributed by atoms with van der Waals surface area (Å²) in [6.45, 7) is 11.9. The molecular formula is C27H46O2. The van der Waals surface area contributed by atoms with E-state index in [1.165, 1.54) is 44.9 Å². The molecule has 4 aliphatic carbocycles. The lowest BCUT2D eigenvalue weighted by Crippen LogP contribution is -2.50. The van der Waals surface area contributed by atoms with Gasteiger partial charge in [-0.2, -0.15) is 0 Å². The maximum Gasteiger partial charge on any atom is 0.0577 e. The molecule has 3 saturated carbocycles. The van der Waals surface area contributed by atoms with E-state index in [9.17, 15) is 10.2 Å². The number of aliphatic hydroxyl groups is 2. The molecular weight excluding hydrogens is 356 g/mol. The highest BCUT2D eigenvalue weighted by atomic mass is 16.3. The van der Waals surface area contributed by atoms with Gasteiger partial charge in [-0.25, -0.2) is 0 Å². The molecule has 0 radical (unpaired) electrons. The molecule has 0 aromatic carbocycles. The fourth-order valence-corrected chi connectivity index (χ4v) is 8.59. The van der Waals surface area contributed by atoms with Crippen LogP contribution >= 0.6 is 0 Å². The molecule has 2 nitrogen and oxygen atoms in total. The fourth-order valence-electron chi connectivity index (χ4n) is 8.59. The lowest BCUT2D eigenvalue weighted by atomic mass is 9.47. The van der Waals surface area contributed by atoms with Crippen LogP contribution < -0.4 is 0 Å². The molecule has 0 aliphatic heterocycles. The second kappa shape index (κ2) is 7.97. The van der Waals surface area contributed by atoms with E-state index < -0.39 is 0 Å². The third-order valence-corrected chi connectivity index (χ3v) is 10.5. The zero-order valence-corrected chi connectivity index (χ0v) is 19.7. The Balaban J connectivity index is 1.49. The molecule has 2 unspecified atom stereocenters. The summed E-state index contributed by atoms with van der Waals surface area (Å²) >= 11 is 0. The van der Waals surface area contributed by atoms with Gasteiger partial charge in [-0.05, 0) is 111 Å². The molecule has 0 bridgehead atoms. The van der Waals surface area contributed by atoms with Crippen molar-refractivity contribution in [1.29, 1.82) is 0 Å². The number of hydrogen-bond donors (Lipinski definition) is 2. The van der Waals surface area contributed by atoms with Gasteiger partial charge in [0.1, 0.15) is 0 Å². The predicted octanol–water partition coefficient (Wildman–Crippen LogP) is 6.36. The lowest BCUT2D eigenvalue weighted by Gasteiger charge is -2.58. The van der Waals surface area contributed by atoms with Crippen LogP contribution in [0, 0.1) is 46.3 Å². The van der Waals surface area contributed by atoms with Crippen LogP contribution in [0.4, 0.5) is 0 Å². The number of fused-ring (bicyclic) bond motifs is 5. The molecule has 4 aliphatic rings. The van der Waals surface area contributed by atoms with E-state index in [1.807, 2.05) is 0 Å². The van der Waals surface area contributed by atoms with Crippen molar-refractivity contribution in [2.24, 2.45) is 46.3 Å². The minimum atomic E-state index is -0.137. The maximum atomic E-state index is 10.3. The van der Waals surface area contributed by atoms with Gasteiger partial charge < -0.3 is 10.2 Å². The van der Waals surface area contributed by atoms with Crippen LogP contribution in [0.25, 0.3) is 0 Å². The molecule has 29 heavy (non-hydrogen) atoms. The first-order valence-corrected chi connectivity index (χ1v) is 12.7. The van der Waals surface area contributed by atoms with Gasteiger partial charge in [-0.1, -0.05) is 46.3 Å². The number of rotatable bonds is 5. The highest BCUT2D eigenvalue weighted by Crippen LogP contribution is 2.67. The van der Waals surface area contributed by atoms with Crippen molar-refractivity contribution in [2.45, 2.75) is 111 Å². The SMILES string of the molecule is CC(C)C(O)CC[C@@H](C)[C@H]1CC[C@H]2[C@@H]3CC=C4CC(O)CC[C@]4(C)[C@H]3CC[C@]12C. The Kier molecular flexibility index (Phi) is 6.01. The molecule has 0 saturated heterocycles. The van der Waals surface area contributed by atoms with Crippen molar-refractivity contribution in [3.8, 4) is 0 Å². The van der Waals surface area contributed by atoms with E-state index in [-0.39, 0.29) is 12.2 Å². The van der Waals surface area contributed by atoms with Crippen LogP contribution in [0.3, 0.4) is 0 Å². The lowest BCUT2D eigenvalue weighted by molar-refractivity contribution is -0.0579. The Labute approximate surface area is 179 Å². The van der Waals surface area contributed by atoms with Gasteiger partial charge in [0.25, 0.3) is 0 Å².